The van der Waals surface area contributed by atoms with Crippen molar-refractivity contribution < 1.29 is 13.2 Å². The molecule has 1 atom stereocenters. The zero-order valence-electron chi connectivity index (χ0n) is 10.8. The number of hydrogen-bond donors (Lipinski definition) is 2. The third kappa shape index (κ3) is 4.03. The van der Waals surface area contributed by atoms with Gasteiger partial charge in [-0.1, -0.05) is 0 Å². The van der Waals surface area contributed by atoms with Crippen LogP contribution in [-0.2, 0) is 21.2 Å². The number of nitrogen functional groups attached to an aromatic ring is 1. The van der Waals surface area contributed by atoms with Crippen LogP contribution in [-0.4, -0.2) is 42.5 Å². The van der Waals surface area contributed by atoms with Crippen LogP contribution in [0.1, 0.15) is 19.2 Å². The van der Waals surface area contributed by atoms with E-state index in [0.717, 1.165) is 0 Å². The maximum absolute atomic E-state index is 11.4. The lowest BCUT2D eigenvalue weighted by Crippen LogP contribution is -2.22. The number of aromatic nitrogens is 2. The van der Waals surface area contributed by atoms with Crippen LogP contribution >= 0.6 is 0 Å². The van der Waals surface area contributed by atoms with Crippen LogP contribution in [0.25, 0.3) is 0 Å². The number of nitrogens with zero attached hydrogens (tertiary/aromatic N) is 2. The molecule has 2 rings (SSSR count). The van der Waals surface area contributed by atoms with Crippen molar-refractivity contribution in [1.82, 2.24) is 9.97 Å². The summed E-state index contributed by atoms with van der Waals surface area (Å²) in [5.41, 5.74) is 5.69. The number of hydrogen-bond acceptors (Lipinski definition) is 7. The Kier molecular flexibility index (Phi) is 4.20. The summed E-state index contributed by atoms with van der Waals surface area (Å²) in [5, 5.41) is 3.09. The van der Waals surface area contributed by atoms with E-state index in [0.29, 0.717) is 37.1 Å². The van der Waals surface area contributed by atoms with E-state index in [1.807, 2.05) is 6.92 Å². The Morgan fingerprint density at radius 1 is 1.53 bits per heavy atom. The molecule has 1 aliphatic rings. The van der Waals surface area contributed by atoms with Crippen molar-refractivity contribution >= 4 is 21.5 Å². The summed E-state index contributed by atoms with van der Waals surface area (Å²) in [6.45, 7) is 2.75. The largest absolute Gasteiger partial charge is 0.384 e. The maximum Gasteiger partial charge on any atom is 0.158 e. The quantitative estimate of drug-likeness (QED) is 0.795. The van der Waals surface area contributed by atoms with Crippen LogP contribution in [0.5, 0.6) is 0 Å². The average molecular weight is 286 g/mol. The lowest BCUT2D eigenvalue weighted by atomic mass is 10.2. The van der Waals surface area contributed by atoms with Gasteiger partial charge < -0.3 is 15.8 Å². The summed E-state index contributed by atoms with van der Waals surface area (Å²) in [7, 11) is -2.91. The Hall–Kier alpha value is -1.41. The molecule has 19 heavy (non-hydrogen) atoms. The molecule has 0 spiro atoms. The highest BCUT2D eigenvalue weighted by atomic mass is 32.2. The van der Waals surface area contributed by atoms with Gasteiger partial charge in [0.1, 0.15) is 18.2 Å². The van der Waals surface area contributed by atoms with Crippen LogP contribution in [0.4, 0.5) is 11.6 Å². The smallest absolute Gasteiger partial charge is 0.158 e. The molecule has 2 heterocycles. The molecule has 0 amide bonds. The van der Waals surface area contributed by atoms with Gasteiger partial charge in [-0.15, -0.1) is 0 Å². The fraction of sp³-hybridized carbons (Fsp3) is 0.636. The molecule has 8 heteroatoms. The van der Waals surface area contributed by atoms with Gasteiger partial charge in [0.15, 0.2) is 15.7 Å². The second-order valence-electron chi connectivity index (χ2n) is 4.48. The molecule has 1 aromatic heterocycles. The van der Waals surface area contributed by atoms with Crippen LogP contribution in [0.2, 0.25) is 0 Å². The number of anilines is 2. The van der Waals surface area contributed by atoms with E-state index in [-0.39, 0.29) is 17.5 Å². The number of sulfone groups is 1. The summed E-state index contributed by atoms with van der Waals surface area (Å²) >= 11 is 0. The molecule has 1 fully saturated rings. The topological polar surface area (TPSA) is 107 Å². The van der Waals surface area contributed by atoms with Gasteiger partial charge in [-0.2, -0.15) is 0 Å². The van der Waals surface area contributed by atoms with E-state index in [1.54, 1.807) is 6.07 Å². The molecule has 1 aromatic rings. The van der Waals surface area contributed by atoms with Gasteiger partial charge in [0.25, 0.3) is 0 Å². The average Bonchev–Trinajstić information content (AvgIpc) is 2.65. The first-order valence-corrected chi connectivity index (χ1v) is 7.99. The standard InChI is InChI=1S/C11H18N4O3S/c1-2-18-6-11-14-9(12)5-10(15-11)13-8-3-4-19(16,17)7-8/h5,8H,2-4,6-7H2,1H3,(H3,12,13,14,15). The Labute approximate surface area is 112 Å². The monoisotopic (exact) mass is 286 g/mol. The predicted octanol–water partition coefficient (Wildman–Crippen LogP) is 0.194. The van der Waals surface area contributed by atoms with E-state index in [1.165, 1.54) is 0 Å². The normalized spacial score (nSPS) is 21.4. The number of rotatable bonds is 5. The number of ether oxygens (including phenoxy) is 1. The van der Waals surface area contributed by atoms with Gasteiger partial charge in [0.2, 0.25) is 0 Å². The summed E-state index contributed by atoms with van der Waals surface area (Å²) < 4.78 is 28.0. The first-order valence-electron chi connectivity index (χ1n) is 6.16. The number of nitrogens with two attached hydrogens (primary N) is 1. The van der Waals surface area contributed by atoms with Crippen LogP contribution in [0, 0.1) is 0 Å². The third-order valence-electron chi connectivity index (χ3n) is 2.81. The van der Waals surface area contributed by atoms with E-state index < -0.39 is 9.84 Å². The van der Waals surface area contributed by atoms with E-state index in [4.69, 9.17) is 10.5 Å². The molecule has 0 saturated carbocycles. The van der Waals surface area contributed by atoms with Gasteiger partial charge in [-0.05, 0) is 13.3 Å². The highest BCUT2D eigenvalue weighted by Crippen LogP contribution is 2.17. The Morgan fingerprint density at radius 3 is 2.95 bits per heavy atom. The third-order valence-corrected chi connectivity index (χ3v) is 4.58. The predicted molar refractivity (Wildman–Crippen MR) is 72.5 cm³/mol. The molecule has 7 nitrogen and oxygen atoms in total. The van der Waals surface area contributed by atoms with Crippen molar-refractivity contribution in [1.29, 1.82) is 0 Å². The highest BCUT2D eigenvalue weighted by Gasteiger charge is 2.28. The lowest BCUT2D eigenvalue weighted by molar-refractivity contribution is 0.128. The van der Waals surface area contributed by atoms with E-state index in [9.17, 15) is 8.42 Å². The molecule has 106 valence electrons. The second-order valence-corrected chi connectivity index (χ2v) is 6.70. The Bertz CT molecular complexity index is 547. The summed E-state index contributed by atoms with van der Waals surface area (Å²) in [6, 6.07) is 1.49. The first kappa shape index (κ1) is 14.0. The Balaban J connectivity index is 2.06. The molecule has 0 bridgehead atoms. The zero-order chi connectivity index (χ0) is 13.9. The maximum atomic E-state index is 11.4. The lowest BCUT2D eigenvalue weighted by Gasteiger charge is -2.12. The van der Waals surface area contributed by atoms with Crippen molar-refractivity contribution in [2.75, 3.05) is 29.2 Å². The first-order chi connectivity index (χ1) is 8.98. The molecule has 0 aliphatic carbocycles. The molecular formula is C11H18N4O3S. The Morgan fingerprint density at radius 2 is 2.32 bits per heavy atom. The highest BCUT2D eigenvalue weighted by molar-refractivity contribution is 7.91. The molecule has 1 saturated heterocycles. The minimum Gasteiger partial charge on any atom is -0.384 e. The van der Waals surface area contributed by atoms with Gasteiger partial charge in [0, 0.05) is 18.7 Å². The fourth-order valence-electron chi connectivity index (χ4n) is 1.97. The van der Waals surface area contributed by atoms with Crippen molar-refractivity contribution in [3.05, 3.63) is 11.9 Å². The van der Waals surface area contributed by atoms with Gasteiger partial charge in [0.05, 0.1) is 11.5 Å². The number of nitrogens with one attached hydrogen (secondary N) is 1. The molecule has 0 aromatic carbocycles. The summed E-state index contributed by atoms with van der Waals surface area (Å²) in [5.74, 6) is 1.73. The van der Waals surface area contributed by atoms with Crippen molar-refractivity contribution in [3.63, 3.8) is 0 Å². The molecule has 1 unspecified atom stereocenters. The molecule has 3 N–H and O–H groups in total. The summed E-state index contributed by atoms with van der Waals surface area (Å²) in [4.78, 5) is 8.32. The fourth-order valence-corrected chi connectivity index (χ4v) is 3.64. The van der Waals surface area contributed by atoms with Crippen LogP contribution < -0.4 is 11.1 Å². The van der Waals surface area contributed by atoms with Crippen LogP contribution in [0.15, 0.2) is 6.07 Å². The van der Waals surface area contributed by atoms with Crippen molar-refractivity contribution in [2.45, 2.75) is 26.0 Å². The van der Waals surface area contributed by atoms with Gasteiger partial charge in [-0.3, -0.25) is 0 Å². The molecular weight excluding hydrogens is 268 g/mol. The second kappa shape index (κ2) is 5.70. The minimum absolute atomic E-state index is 0.112. The minimum atomic E-state index is -2.91. The van der Waals surface area contributed by atoms with Gasteiger partial charge >= 0.3 is 0 Å². The van der Waals surface area contributed by atoms with Crippen molar-refractivity contribution in [2.24, 2.45) is 0 Å². The summed E-state index contributed by atoms with van der Waals surface area (Å²) in [6.07, 6.45) is 0.590. The molecule has 1 aliphatic heterocycles. The SMILES string of the molecule is CCOCc1nc(N)cc(NC2CCS(=O)(=O)C2)n1. The van der Waals surface area contributed by atoms with E-state index >= 15 is 0 Å². The molecule has 0 radical (unpaired) electrons. The van der Waals surface area contributed by atoms with E-state index in [2.05, 4.69) is 15.3 Å². The van der Waals surface area contributed by atoms with Gasteiger partial charge in [-0.25, -0.2) is 18.4 Å². The van der Waals surface area contributed by atoms with Crippen LogP contribution in [0.3, 0.4) is 0 Å². The zero-order valence-corrected chi connectivity index (χ0v) is 11.6. The van der Waals surface area contributed by atoms with Crippen molar-refractivity contribution in [3.8, 4) is 0 Å².